The Hall–Kier alpha value is -4.86. The number of β-lactam (4-membered cyclic amide) rings is 1. The van der Waals surface area contributed by atoms with Crippen LogP contribution in [0.25, 0.3) is 11.2 Å². The van der Waals surface area contributed by atoms with Gasteiger partial charge in [-0.2, -0.15) is 9.36 Å². The normalized spacial score (nSPS) is 18.0. The lowest BCUT2D eigenvalue weighted by molar-refractivity contribution is -0.664. The van der Waals surface area contributed by atoms with Crippen LogP contribution in [-0.4, -0.2) is 126 Å². The van der Waals surface area contributed by atoms with Gasteiger partial charge in [0.15, 0.2) is 7.57 Å². The van der Waals surface area contributed by atoms with Crippen molar-refractivity contribution >= 4 is 90.9 Å². The molecular weight excluding hydrogens is 826 g/mol. The molecule has 59 heavy (non-hydrogen) atoms. The van der Waals surface area contributed by atoms with Gasteiger partial charge < -0.3 is 39.1 Å². The molecule has 4 N–H and O–H groups in total. The van der Waals surface area contributed by atoms with E-state index in [-0.39, 0.29) is 47.8 Å². The lowest BCUT2D eigenvalue weighted by Gasteiger charge is -2.49. The molecule has 0 saturated carbocycles. The van der Waals surface area contributed by atoms with Crippen LogP contribution in [-0.2, 0) is 46.3 Å². The Kier molecular flexibility index (Phi) is 14.6. The number of nitrogens with one attached hydrogen (secondary N) is 3. The number of pyridine rings is 1. The summed E-state index contributed by atoms with van der Waals surface area (Å²) in [6, 6.07) is 2.62. The fraction of sp³-hybridized carbons (Fsp3) is 0.543. The molecule has 0 aliphatic carbocycles. The molecule has 4 unspecified atom stereocenters. The van der Waals surface area contributed by atoms with Crippen LogP contribution in [0.5, 0.6) is 0 Å². The zero-order chi connectivity index (χ0) is 43.2. The van der Waals surface area contributed by atoms with Crippen LogP contribution < -0.4 is 20.5 Å². The highest BCUT2D eigenvalue weighted by Crippen LogP contribution is 2.42. The topological polar surface area (TPSA) is 242 Å². The second-order valence-corrected chi connectivity index (χ2v) is 18.4. The second-order valence-electron chi connectivity index (χ2n) is 15.3. The predicted molar refractivity (Wildman–Crippen MR) is 219 cm³/mol. The molecule has 2 radical (unpaired) electrons. The van der Waals surface area contributed by atoms with Gasteiger partial charge in [-0.3, -0.25) is 19.8 Å². The maximum Gasteiger partial charge on any atom is 0.414 e. The van der Waals surface area contributed by atoms with Crippen molar-refractivity contribution in [1.29, 1.82) is 0 Å². The first-order valence-corrected chi connectivity index (χ1v) is 22.0. The first-order chi connectivity index (χ1) is 27.7. The van der Waals surface area contributed by atoms with Gasteiger partial charge in [-0.25, -0.2) is 19.0 Å². The number of aliphatic hydroxyl groups is 1. The highest BCUT2D eigenvalue weighted by atomic mass is 32.2. The Morgan fingerprint density at radius 1 is 1.15 bits per heavy atom. The summed E-state index contributed by atoms with van der Waals surface area (Å²) in [4.78, 5) is 80.6. The highest BCUT2D eigenvalue weighted by Gasteiger charge is 2.55. The molecule has 3 aromatic rings. The number of aryl methyl sites for hydroxylation is 1. The van der Waals surface area contributed by atoms with Crippen LogP contribution in [0.1, 0.15) is 60.7 Å². The molecule has 3 aromatic heterocycles. The number of carbonyl (C=O) groups is 5. The van der Waals surface area contributed by atoms with E-state index >= 15 is 0 Å². The molecule has 5 heterocycles. The fourth-order valence-electron chi connectivity index (χ4n) is 5.75. The summed E-state index contributed by atoms with van der Waals surface area (Å²) in [5.41, 5.74) is 0.169. The molecule has 5 rings (SSSR count). The van der Waals surface area contributed by atoms with Crippen molar-refractivity contribution in [3.05, 3.63) is 41.8 Å². The first kappa shape index (κ1) is 45.2. The number of alkyl carbamates (subject to hydrolysis) is 1. The first-order valence-electron chi connectivity index (χ1n) is 18.4. The van der Waals surface area contributed by atoms with Crippen molar-refractivity contribution in [2.75, 3.05) is 30.9 Å². The standard InChI is InChI=1S/C35H46BN10O10PS2/c1-9-53-42-22(25-40-31(59-43-25)41-33(52)55-35(5,6)7)27(48)39-23-28(49)46-24(30(50)56-57(8)36)19(17-58-29(23)46)16-44-13-10-11-21-26(44)38-18-45(21)14-12-20(47)15-37-32(51)54-34(2,3)4/h10-11,13,18,20,23,29,47H,9,12,14-17H2,1-8H3,(H2-,37,39,40,41,43,48,51,52)/p+1/b42-22-. The summed E-state index contributed by atoms with van der Waals surface area (Å²) < 4.78 is 23.8. The molecule has 1 saturated heterocycles. The van der Waals surface area contributed by atoms with Crippen molar-refractivity contribution in [1.82, 2.24) is 34.4 Å². The van der Waals surface area contributed by atoms with Crippen LogP contribution in [0.15, 0.2) is 41.1 Å². The number of nitrogens with zero attached hydrogens (tertiary/aromatic N) is 7. The third-order valence-corrected chi connectivity index (χ3v) is 10.5. The lowest BCUT2D eigenvalue weighted by atomic mass is 10.0. The number of imidazole rings is 1. The summed E-state index contributed by atoms with van der Waals surface area (Å²) in [6.45, 7) is 14.3. The Labute approximate surface area is 351 Å². The monoisotopic (exact) mass is 873 g/mol. The van der Waals surface area contributed by atoms with Crippen molar-refractivity contribution in [2.45, 2.75) is 96.7 Å². The number of hydrogen-bond donors (Lipinski definition) is 4. The molecule has 0 bridgehead atoms. The minimum absolute atomic E-state index is 0.0106. The highest BCUT2D eigenvalue weighted by molar-refractivity contribution is 8.00. The smallest absolute Gasteiger partial charge is 0.414 e. The molecule has 4 atom stereocenters. The van der Waals surface area contributed by atoms with Gasteiger partial charge in [-0.15, -0.1) is 11.8 Å². The van der Waals surface area contributed by atoms with E-state index in [2.05, 4.69) is 35.4 Å². The van der Waals surface area contributed by atoms with Crippen molar-refractivity contribution in [3.63, 3.8) is 0 Å². The largest absolute Gasteiger partial charge is 0.452 e. The number of ether oxygens (including phenoxy) is 2. The molecule has 0 aromatic carbocycles. The molecule has 0 spiro atoms. The SMILES string of the molecule is [B]P(C)OC(=O)C1=C(C[n+]2cccc3c2ncn3CCC(O)CNC(=O)OC(C)(C)C)CSC2C(NC(=O)/C(=N\OCC)c3nsc(NC(=O)OC(C)(C)C)n3)C(=O)N12. The third-order valence-electron chi connectivity index (χ3n) is 8.10. The summed E-state index contributed by atoms with van der Waals surface area (Å²) in [5, 5.41) is 21.5. The molecule has 4 amide bonds. The van der Waals surface area contributed by atoms with Gasteiger partial charge in [0.1, 0.15) is 47.0 Å². The maximum absolute atomic E-state index is 13.8. The van der Waals surface area contributed by atoms with Crippen molar-refractivity contribution in [2.24, 2.45) is 5.16 Å². The van der Waals surface area contributed by atoms with Gasteiger partial charge in [0.05, 0.1) is 12.3 Å². The van der Waals surface area contributed by atoms with Gasteiger partial charge in [0.2, 0.25) is 23.0 Å². The van der Waals surface area contributed by atoms with Gasteiger partial charge >= 0.3 is 23.8 Å². The predicted octanol–water partition coefficient (Wildman–Crippen LogP) is 2.55. The van der Waals surface area contributed by atoms with Crippen LogP contribution in [0.3, 0.4) is 0 Å². The molecule has 20 nitrogen and oxygen atoms in total. The summed E-state index contributed by atoms with van der Waals surface area (Å²) in [6.07, 6.45) is 1.52. The van der Waals surface area contributed by atoms with Crippen LogP contribution in [0.4, 0.5) is 14.7 Å². The summed E-state index contributed by atoms with van der Waals surface area (Å²) in [7, 11) is 4.26. The molecule has 2 aliphatic heterocycles. The Bertz CT molecular complexity index is 2130. The molecule has 1 fully saturated rings. The van der Waals surface area contributed by atoms with E-state index < -0.39 is 66.7 Å². The Balaban J connectivity index is 1.30. The van der Waals surface area contributed by atoms with Gasteiger partial charge in [-0.1, -0.05) is 5.16 Å². The maximum atomic E-state index is 13.8. The van der Waals surface area contributed by atoms with Gasteiger partial charge in [-0.05, 0) is 78.7 Å². The zero-order valence-electron chi connectivity index (χ0n) is 33.9. The number of oxime groups is 1. The van der Waals surface area contributed by atoms with E-state index in [4.69, 9.17) is 26.4 Å². The number of aliphatic hydroxyl groups excluding tert-OH is 1. The number of rotatable bonds is 15. The lowest BCUT2D eigenvalue weighted by Crippen LogP contribution is -2.71. The van der Waals surface area contributed by atoms with Crippen LogP contribution in [0.2, 0.25) is 0 Å². The van der Waals surface area contributed by atoms with Crippen molar-refractivity contribution < 1.29 is 52.5 Å². The molecule has 24 heteroatoms. The second kappa shape index (κ2) is 19.0. The number of carbonyl (C=O) groups excluding carboxylic acids is 5. The molecular formula is C35H47BN10O10PS2+. The average molecular weight is 874 g/mol. The number of amides is 4. The van der Waals surface area contributed by atoms with Gasteiger partial charge in [0, 0.05) is 44.0 Å². The quantitative estimate of drug-likeness (QED) is 0.0429. The van der Waals surface area contributed by atoms with E-state index in [9.17, 15) is 29.1 Å². The minimum Gasteiger partial charge on any atom is -0.452 e. The average Bonchev–Trinajstić information content (AvgIpc) is 3.77. The number of anilines is 1. The fourth-order valence-corrected chi connectivity index (χ4v) is 7.99. The van der Waals surface area contributed by atoms with E-state index in [0.29, 0.717) is 24.2 Å². The van der Waals surface area contributed by atoms with E-state index in [1.165, 1.54) is 16.7 Å². The van der Waals surface area contributed by atoms with E-state index in [1.807, 2.05) is 21.3 Å². The summed E-state index contributed by atoms with van der Waals surface area (Å²) >= 11 is 2.13. The zero-order valence-corrected chi connectivity index (χ0v) is 36.4. The number of hydrogen-bond acceptors (Lipinski definition) is 16. The van der Waals surface area contributed by atoms with Crippen molar-refractivity contribution in [3.8, 4) is 0 Å². The number of aromatic nitrogens is 5. The summed E-state index contributed by atoms with van der Waals surface area (Å²) in [5.74, 6) is -2.04. The van der Waals surface area contributed by atoms with Crippen LogP contribution >= 0.6 is 31.3 Å². The molecule has 2 aliphatic rings. The van der Waals surface area contributed by atoms with E-state index in [0.717, 1.165) is 17.0 Å². The van der Waals surface area contributed by atoms with Gasteiger partial charge in [0.25, 0.3) is 11.8 Å². The van der Waals surface area contributed by atoms with Crippen LogP contribution in [0, 0.1) is 0 Å². The number of thioether (sulfide) groups is 1. The minimum atomic E-state index is -1.64. The molecule has 316 valence electrons. The third kappa shape index (κ3) is 11.9. The Morgan fingerprint density at radius 3 is 2.54 bits per heavy atom. The number of fused-ring (bicyclic) bond motifs is 2. The Morgan fingerprint density at radius 2 is 1.86 bits per heavy atom. The van der Waals surface area contributed by atoms with E-state index in [1.54, 1.807) is 67.7 Å².